The molecule has 0 N–H and O–H groups in total. The zero-order valence-electron chi connectivity index (χ0n) is 20.7. The maximum Gasteiger partial charge on any atom is 0.338 e. The van der Waals surface area contributed by atoms with Gasteiger partial charge in [0, 0.05) is 4.90 Å². The van der Waals surface area contributed by atoms with Crippen LogP contribution in [-0.4, -0.2) is 29.5 Å². The number of thioether (sulfide) groups is 1. The van der Waals surface area contributed by atoms with E-state index in [9.17, 15) is 9.59 Å². The van der Waals surface area contributed by atoms with Crippen LogP contribution in [0.5, 0.6) is 5.75 Å². The lowest BCUT2D eigenvalue weighted by molar-refractivity contribution is -0.143. The van der Waals surface area contributed by atoms with Crippen molar-refractivity contribution in [1.82, 2.24) is 4.57 Å². The third kappa shape index (κ3) is 5.31. The Bertz CT molecular complexity index is 1500. The third-order valence-corrected chi connectivity index (χ3v) is 7.59. The molecular formula is C27H27ClN2O4S2. The van der Waals surface area contributed by atoms with E-state index >= 15 is 0 Å². The standard InChI is InChI=1S/C27H27ClN2O4S2/c1-6-33-21-12-7-17(13-20(21)28)14-22-25(31)30-24(18-8-10-19(35-5)11-9-18)23(26(32)34-15(2)3)16(4)29-27(30)36-22/h7-15,24H,6H2,1-5H3/b22-14-/t24-/m1/s1. The third-order valence-electron chi connectivity index (χ3n) is 5.57. The Labute approximate surface area is 222 Å². The first-order chi connectivity index (χ1) is 17.2. The van der Waals surface area contributed by atoms with Crippen LogP contribution in [0.15, 0.2) is 68.4 Å². The molecule has 2 aromatic carbocycles. The fraction of sp³-hybridized carbons (Fsp3) is 0.296. The van der Waals surface area contributed by atoms with E-state index in [2.05, 4.69) is 4.99 Å². The van der Waals surface area contributed by atoms with Crippen molar-refractivity contribution in [2.45, 2.75) is 44.7 Å². The zero-order chi connectivity index (χ0) is 26.0. The average Bonchev–Trinajstić information content (AvgIpc) is 3.14. The molecule has 0 radical (unpaired) electrons. The van der Waals surface area contributed by atoms with Gasteiger partial charge in [0.25, 0.3) is 5.56 Å². The van der Waals surface area contributed by atoms with Crippen molar-refractivity contribution >= 4 is 46.7 Å². The fourth-order valence-electron chi connectivity index (χ4n) is 3.99. The highest BCUT2D eigenvalue weighted by Gasteiger charge is 2.33. The number of halogens is 1. The van der Waals surface area contributed by atoms with Gasteiger partial charge in [0.05, 0.1) is 39.6 Å². The number of nitrogens with zero attached hydrogens (tertiary/aromatic N) is 2. The van der Waals surface area contributed by atoms with E-state index in [0.717, 1.165) is 16.0 Å². The molecule has 0 saturated heterocycles. The lowest BCUT2D eigenvalue weighted by atomic mass is 9.96. The Morgan fingerprint density at radius 3 is 2.58 bits per heavy atom. The number of rotatable bonds is 7. The topological polar surface area (TPSA) is 69.9 Å². The van der Waals surface area contributed by atoms with Gasteiger partial charge in [-0.2, -0.15) is 0 Å². The van der Waals surface area contributed by atoms with E-state index < -0.39 is 12.0 Å². The number of ether oxygens (including phenoxy) is 2. The normalized spacial score (nSPS) is 15.6. The number of carbonyl (C=O) groups is 1. The molecule has 0 bridgehead atoms. The summed E-state index contributed by atoms with van der Waals surface area (Å²) >= 11 is 9.26. The van der Waals surface area contributed by atoms with Gasteiger partial charge in [0.1, 0.15) is 5.75 Å². The van der Waals surface area contributed by atoms with Crippen LogP contribution in [0.2, 0.25) is 5.02 Å². The molecule has 0 aliphatic carbocycles. The lowest BCUT2D eigenvalue weighted by Gasteiger charge is -2.25. The van der Waals surface area contributed by atoms with Crippen LogP contribution in [0.4, 0.5) is 0 Å². The van der Waals surface area contributed by atoms with Gasteiger partial charge >= 0.3 is 5.97 Å². The van der Waals surface area contributed by atoms with Gasteiger partial charge in [-0.3, -0.25) is 9.36 Å². The SMILES string of the molecule is CCOc1ccc(/C=c2\sc3n(c2=O)[C@H](c2ccc(SC)cc2)C(C(=O)OC(C)C)=C(C)N=3)cc1Cl. The summed E-state index contributed by atoms with van der Waals surface area (Å²) in [6.07, 6.45) is 3.48. The molecule has 1 atom stereocenters. The summed E-state index contributed by atoms with van der Waals surface area (Å²) in [7, 11) is 0. The minimum absolute atomic E-state index is 0.231. The molecule has 6 nitrogen and oxygen atoms in total. The summed E-state index contributed by atoms with van der Waals surface area (Å²) < 4.78 is 13.1. The van der Waals surface area contributed by atoms with Crippen molar-refractivity contribution < 1.29 is 14.3 Å². The summed E-state index contributed by atoms with van der Waals surface area (Å²) in [5.74, 6) is 0.119. The van der Waals surface area contributed by atoms with Crippen LogP contribution in [0.25, 0.3) is 6.08 Å². The van der Waals surface area contributed by atoms with Crippen molar-refractivity contribution in [3.05, 3.63) is 89.6 Å². The number of fused-ring (bicyclic) bond motifs is 1. The van der Waals surface area contributed by atoms with Crippen molar-refractivity contribution in [3.63, 3.8) is 0 Å². The van der Waals surface area contributed by atoms with E-state index in [1.165, 1.54) is 11.3 Å². The minimum Gasteiger partial charge on any atom is -0.492 e. The summed E-state index contributed by atoms with van der Waals surface area (Å²) in [4.78, 5) is 33.1. The number of hydrogen-bond acceptors (Lipinski definition) is 7. The first-order valence-corrected chi connectivity index (χ1v) is 13.9. The number of aromatic nitrogens is 1. The molecule has 0 spiro atoms. The molecular weight excluding hydrogens is 516 g/mol. The summed E-state index contributed by atoms with van der Waals surface area (Å²) in [6, 6.07) is 12.6. The van der Waals surface area contributed by atoms with E-state index in [-0.39, 0.29) is 11.7 Å². The molecule has 4 rings (SSSR count). The van der Waals surface area contributed by atoms with E-state index in [0.29, 0.717) is 38.0 Å². The first kappa shape index (κ1) is 26.3. The molecule has 9 heteroatoms. The van der Waals surface area contributed by atoms with E-state index in [1.807, 2.05) is 43.5 Å². The maximum absolute atomic E-state index is 13.7. The average molecular weight is 543 g/mol. The molecule has 1 aliphatic rings. The van der Waals surface area contributed by atoms with Crippen molar-refractivity contribution in [3.8, 4) is 5.75 Å². The first-order valence-electron chi connectivity index (χ1n) is 11.5. The van der Waals surface area contributed by atoms with Crippen LogP contribution in [0.1, 0.15) is 44.9 Å². The van der Waals surface area contributed by atoms with Gasteiger partial charge in [-0.05, 0) is 75.4 Å². The number of carbonyl (C=O) groups excluding carboxylic acids is 1. The van der Waals surface area contributed by atoms with Crippen LogP contribution < -0.4 is 19.6 Å². The number of esters is 1. The van der Waals surface area contributed by atoms with Gasteiger partial charge in [0.15, 0.2) is 4.80 Å². The van der Waals surface area contributed by atoms with Gasteiger partial charge in [-0.25, -0.2) is 9.79 Å². The Morgan fingerprint density at radius 1 is 1.25 bits per heavy atom. The second-order valence-corrected chi connectivity index (χ2v) is 10.7. The zero-order valence-corrected chi connectivity index (χ0v) is 23.1. The van der Waals surface area contributed by atoms with Gasteiger partial charge < -0.3 is 9.47 Å². The van der Waals surface area contributed by atoms with Crippen molar-refractivity contribution in [2.24, 2.45) is 4.99 Å². The lowest BCUT2D eigenvalue weighted by Crippen LogP contribution is -2.40. The molecule has 0 amide bonds. The molecule has 0 fully saturated rings. The quantitative estimate of drug-likeness (QED) is 0.312. The summed E-state index contributed by atoms with van der Waals surface area (Å²) in [6.45, 7) is 7.78. The number of thiazole rings is 1. The minimum atomic E-state index is -0.644. The molecule has 0 unspecified atom stereocenters. The van der Waals surface area contributed by atoms with Crippen LogP contribution in [0.3, 0.4) is 0 Å². The molecule has 188 valence electrons. The Balaban J connectivity index is 1.89. The van der Waals surface area contributed by atoms with Crippen molar-refractivity contribution in [1.29, 1.82) is 0 Å². The van der Waals surface area contributed by atoms with Crippen LogP contribution in [-0.2, 0) is 9.53 Å². The number of hydrogen-bond donors (Lipinski definition) is 0. The highest BCUT2D eigenvalue weighted by molar-refractivity contribution is 7.98. The fourth-order valence-corrected chi connectivity index (χ4v) is 5.69. The molecule has 36 heavy (non-hydrogen) atoms. The molecule has 2 heterocycles. The van der Waals surface area contributed by atoms with Crippen LogP contribution >= 0.6 is 34.7 Å². The number of allylic oxidation sites excluding steroid dienone is 1. The molecule has 1 aromatic heterocycles. The van der Waals surface area contributed by atoms with E-state index in [1.54, 1.807) is 55.3 Å². The monoisotopic (exact) mass is 542 g/mol. The second kappa shape index (κ2) is 11.1. The van der Waals surface area contributed by atoms with Gasteiger partial charge in [-0.15, -0.1) is 11.8 Å². The van der Waals surface area contributed by atoms with Gasteiger partial charge in [-0.1, -0.05) is 41.1 Å². The predicted octanol–water partition coefficient (Wildman–Crippen LogP) is 4.96. The maximum atomic E-state index is 13.7. The number of benzene rings is 2. The summed E-state index contributed by atoms with van der Waals surface area (Å²) in [5, 5.41) is 0.472. The second-order valence-electron chi connectivity index (χ2n) is 8.43. The highest BCUT2D eigenvalue weighted by atomic mass is 35.5. The van der Waals surface area contributed by atoms with E-state index in [4.69, 9.17) is 21.1 Å². The summed E-state index contributed by atoms with van der Waals surface area (Å²) in [5.41, 5.74) is 2.25. The Kier molecular flexibility index (Phi) is 8.07. The van der Waals surface area contributed by atoms with Crippen molar-refractivity contribution in [2.75, 3.05) is 12.9 Å². The molecule has 0 saturated carbocycles. The highest BCUT2D eigenvalue weighted by Crippen LogP contribution is 2.32. The smallest absolute Gasteiger partial charge is 0.338 e. The molecule has 3 aromatic rings. The van der Waals surface area contributed by atoms with Crippen LogP contribution in [0, 0.1) is 0 Å². The Hall–Kier alpha value is -2.81. The predicted molar refractivity (Wildman–Crippen MR) is 146 cm³/mol. The largest absolute Gasteiger partial charge is 0.492 e. The van der Waals surface area contributed by atoms with Gasteiger partial charge in [0.2, 0.25) is 0 Å². The molecule has 1 aliphatic heterocycles. The Morgan fingerprint density at radius 2 is 1.97 bits per heavy atom.